The van der Waals surface area contributed by atoms with Gasteiger partial charge in [-0.25, -0.2) is 19.6 Å². The quantitative estimate of drug-likeness (QED) is 0.436. The first-order valence-electron chi connectivity index (χ1n) is 12.8. The number of hydrogen-bond donors (Lipinski definition) is 3. The summed E-state index contributed by atoms with van der Waals surface area (Å²) in [5.74, 6) is 0.392. The van der Waals surface area contributed by atoms with Crippen LogP contribution in [0, 0.1) is 5.92 Å². The van der Waals surface area contributed by atoms with Gasteiger partial charge in [-0.05, 0) is 57.4 Å². The average Bonchev–Trinajstić information content (AvgIpc) is 3.41. The van der Waals surface area contributed by atoms with E-state index in [0.29, 0.717) is 37.5 Å². The van der Waals surface area contributed by atoms with Gasteiger partial charge in [0.1, 0.15) is 11.7 Å². The second-order valence-electron chi connectivity index (χ2n) is 10.7. The molecule has 3 atom stereocenters. The summed E-state index contributed by atoms with van der Waals surface area (Å²) in [4.78, 5) is 46.4. The molecule has 1 aliphatic carbocycles. The smallest absolute Gasteiger partial charge is 0.415 e. The Kier molecular flexibility index (Phi) is 7.50. The highest BCUT2D eigenvalue weighted by Gasteiger charge is 2.37. The number of nitrogens with one attached hydrogen (secondary N) is 3. The van der Waals surface area contributed by atoms with E-state index >= 15 is 0 Å². The summed E-state index contributed by atoms with van der Waals surface area (Å²) < 4.78 is 16.2. The SMILES string of the molecule is CC(C)(C)OC(=O)NC1c2cccc(Cl)c2C[C@H]1CNCC[C@@H]1CN(c2cnc3c(n2)NC(=O)CO3)C(=O)O1. The van der Waals surface area contributed by atoms with Crippen molar-refractivity contribution in [3.05, 3.63) is 40.5 Å². The largest absolute Gasteiger partial charge is 0.465 e. The molecule has 3 heterocycles. The molecule has 3 N–H and O–H groups in total. The topological polar surface area (TPSA) is 144 Å². The summed E-state index contributed by atoms with van der Waals surface area (Å²) in [7, 11) is 0. The fraction of sp³-hybridized carbons (Fsp3) is 0.500. The molecular weight excluding hydrogens is 528 g/mol. The van der Waals surface area contributed by atoms with Crippen molar-refractivity contribution in [2.24, 2.45) is 5.92 Å². The molecule has 0 spiro atoms. The third-order valence-electron chi connectivity index (χ3n) is 6.62. The second kappa shape index (κ2) is 10.9. The fourth-order valence-corrected chi connectivity index (χ4v) is 5.19. The highest BCUT2D eigenvalue weighted by molar-refractivity contribution is 6.31. The number of ether oxygens (including phenoxy) is 3. The van der Waals surface area contributed by atoms with Gasteiger partial charge < -0.3 is 30.2 Å². The number of hydrogen-bond acceptors (Lipinski definition) is 9. The van der Waals surface area contributed by atoms with Gasteiger partial charge in [-0.1, -0.05) is 23.7 Å². The molecule has 1 fully saturated rings. The normalized spacial score (nSPS) is 21.9. The van der Waals surface area contributed by atoms with Crippen molar-refractivity contribution in [3.63, 3.8) is 0 Å². The number of carbonyl (C=O) groups excluding carboxylic acids is 3. The van der Waals surface area contributed by atoms with Gasteiger partial charge in [0.15, 0.2) is 18.2 Å². The Morgan fingerprint density at radius 3 is 2.92 bits per heavy atom. The fourth-order valence-electron chi connectivity index (χ4n) is 4.93. The second-order valence-corrected chi connectivity index (χ2v) is 11.1. The van der Waals surface area contributed by atoms with Gasteiger partial charge in [-0.3, -0.25) is 9.69 Å². The summed E-state index contributed by atoms with van der Waals surface area (Å²) >= 11 is 6.46. The van der Waals surface area contributed by atoms with E-state index in [9.17, 15) is 14.4 Å². The summed E-state index contributed by atoms with van der Waals surface area (Å²) in [6.45, 7) is 6.86. The number of aromatic nitrogens is 2. The molecular formula is C26H31ClN6O6. The standard InChI is InChI=1S/C26H31ClN6O6/c1-26(2,3)39-24(35)32-21-14(9-17-16(21)5-4-6-18(17)27)10-28-8-7-15-12-33(25(36)38-15)19-11-29-23-22(30-19)31-20(34)13-37-23/h4-6,11,14-15,21,28H,7-10,12-13H2,1-3H3,(H,32,35)(H,30,31,34)/t14-,15+,21?/m0/s1. The van der Waals surface area contributed by atoms with Crippen LogP contribution in [-0.4, -0.2) is 66.0 Å². The lowest BCUT2D eigenvalue weighted by Gasteiger charge is -2.25. The Balaban J connectivity index is 1.15. The van der Waals surface area contributed by atoms with Crippen molar-refractivity contribution in [1.82, 2.24) is 20.6 Å². The maximum Gasteiger partial charge on any atom is 0.415 e. The van der Waals surface area contributed by atoms with E-state index in [4.69, 9.17) is 25.8 Å². The number of fused-ring (bicyclic) bond motifs is 2. The first-order chi connectivity index (χ1) is 18.6. The van der Waals surface area contributed by atoms with E-state index in [-0.39, 0.29) is 48.1 Å². The molecule has 39 heavy (non-hydrogen) atoms. The van der Waals surface area contributed by atoms with Gasteiger partial charge in [0.05, 0.1) is 18.8 Å². The molecule has 0 saturated carbocycles. The lowest BCUT2D eigenvalue weighted by Crippen LogP contribution is -2.39. The molecule has 2 aliphatic heterocycles. The van der Waals surface area contributed by atoms with Gasteiger partial charge in [0.2, 0.25) is 0 Å². The number of nitrogens with zero attached hydrogens (tertiary/aromatic N) is 3. The molecule has 2 aromatic rings. The summed E-state index contributed by atoms with van der Waals surface area (Å²) in [6, 6.07) is 5.48. The van der Waals surface area contributed by atoms with E-state index in [2.05, 4.69) is 25.9 Å². The number of anilines is 2. The molecule has 0 radical (unpaired) electrons. The highest BCUT2D eigenvalue weighted by atomic mass is 35.5. The van der Waals surface area contributed by atoms with Gasteiger partial charge in [0.25, 0.3) is 11.8 Å². The zero-order valence-corrected chi connectivity index (χ0v) is 22.7. The van der Waals surface area contributed by atoms with E-state index in [1.165, 1.54) is 11.1 Å². The number of carbonyl (C=O) groups is 3. The maximum atomic E-state index is 12.6. The predicted octanol–water partition coefficient (Wildman–Crippen LogP) is 3.20. The number of cyclic esters (lactones) is 1. The predicted molar refractivity (Wildman–Crippen MR) is 142 cm³/mol. The number of benzene rings is 1. The summed E-state index contributed by atoms with van der Waals surface area (Å²) in [6.07, 6.45) is 1.36. The van der Waals surface area contributed by atoms with Crippen molar-refractivity contribution in [1.29, 1.82) is 0 Å². The van der Waals surface area contributed by atoms with Crippen LogP contribution in [0.3, 0.4) is 0 Å². The minimum Gasteiger partial charge on any atom is -0.465 e. The third kappa shape index (κ3) is 6.17. The molecule has 12 nitrogen and oxygen atoms in total. The highest BCUT2D eigenvalue weighted by Crippen LogP contribution is 2.39. The maximum absolute atomic E-state index is 12.6. The zero-order valence-electron chi connectivity index (χ0n) is 22.0. The number of halogens is 1. The lowest BCUT2D eigenvalue weighted by molar-refractivity contribution is -0.118. The van der Waals surface area contributed by atoms with Gasteiger partial charge >= 0.3 is 12.2 Å². The van der Waals surface area contributed by atoms with Crippen LogP contribution in [0.1, 0.15) is 44.4 Å². The van der Waals surface area contributed by atoms with Crippen LogP contribution in [0.4, 0.5) is 21.2 Å². The first-order valence-corrected chi connectivity index (χ1v) is 13.2. The Labute approximate surface area is 230 Å². The Morgan fingerprint density at radius 1 is 1.31 bits per heavy atom. The van der Waals surface area contributed by atoms with E-state index < -0.39 is 17.8 Å². The van der Waals surface area contributed by atoms with Crippen LogP contribution in [0.15, 0.2) is 24.4 Å². The van der Waals surface area contributed by atoms with Crippen LogP contribution >= 0.6 is 11.6 Å². The first kappa shape index (κ1) is 26.9. The molecule has 1 aromatic carbocycles. The molecule has 1 aromatic heterocycles. The number of amides is 3. The van der Waals surface area contributed by atoms with E-state index in [0.717, 1.165) is 11.1 Å². The molecule has 1 saturated heterocycles. The average molecular weight is 559 g/mol. The van der Waals surface area contributed by atoms with Gasteiger partial charge in [-0.2, -0.15) is 0 Å². The third-order valence-corrected chi connectivity index (χ3v) is 6.98. The van der Waals surface area contributed by atoms with E-state index in [1.54, 1.807) is 0 Å². The minimum atomic E-state index is -0.605. The molecule has 1 unspecified atom stereocenters. The minimum absolute atomic E-state index is 0.0678. The van der Waals surface area contributed by atoms with Crippen LogP contribution < -0.4 is 25.6 Å². The van der Waals surface area contributed by atoms with Crippen LogP contribution in [0.5, 0.6) is 5.88 Å². The van der Waals surface area contributed by atoms with Crippen LogP contribution in [-0.2, 0) is 20.7 Å². The molecule has 0 bridgehead atoms. The summed E-state index contributed by atoms with van der Waals surface area (Å²) in [5.41, 5.74) is 1.42. The van der Waals surface area contributed by atoms with Crippen molar-refractivity contribution in [2.75, 3.05) is 36.5 Å². The Morgan fingerprint density at radius 2 is 2.13 bits per heavy atom. The molecule has 3 amide bonds. The van der Waals surface area contributed by atoms with Crippen molar-refractivity contribution in [3.8, 4) is 5.88 Å². The Hall–Kier alpha value is -3.64. The molecule has 208 valence electrons. The Bertz CT molecular complexity index is 1280. The van der Waals surface area contributed by atoms with Crippen molar-refractivity contribution in [2.45, 2.75) is 51.4 Å². The monoisotopic (exact) mass is 558 g/mol. The van der Waals surface area contributed by atoms with Crippen LogP contribution in [0.2, 0.25) is 5.02 Å². The molecule has 5 rings (SSSR count). The van der Waals surface area contributed by atoms with Gasteiger partial charge in [0, 0.05) is 17.5 Å². The summed E-state index contributed by atoms with van der Waals surface area (Å²) in [5, 5.41) is 9.73. The van der Waals surface area contributed by atoms with Crippen LogP contribution in [0.25, 0.3) is 0 Å². The van der Waals surface area contributed by atoms with Crippen molar-refractivity contribution >= 4 is 41.3 Å². The van der Waals surface area contributed by atoms with Gasteiger partial charge in [-0.15, -0.1) is 0 Å². The lowest BCUT2D eigenvalue weighted by atomic mass is 10.0. The molecule has 13 heteroatoms. The zero-order chi connectivity index (χ0) is 27.7. The number of alkyl carbamates (subject to hydrolysis) is 1. The number of rotatable bonds is 7. The molecule has 3 aliphatic rings. The van der Waals surface area contributed by atoms with Crippen molar-refractivity contribution < 1.29 is 28.6 Å². The van der Waals surface area contributed by atoms with E-state index in [1.807, 2.05) is 39.0 Å².